The van der Waals surface area contributed by atoms with Gasteiger partial charge in [0.15, 0.2) is 0 Å². The van der Waals surface area contributed by atoms with Gasteiger partial charge in [0.25, 0.3) is 0 Å². The highest BCUT2D eigenvalue weighted by Crippen LogP contribution is 2.04. The SMILES string of the molecule is O=C(NCc1ccsc1)n1ccnc1. The summed E-state index contributed by atoms with van der Waals surface area (Å²) in [5.41, 5.74) is 1.11. The normalized spacial score (nSPS) is 10.0. The zero-order valence-electron chi connectivity index (χ0n) is 7.38. The van der Waals surface area contributed by atoms with E-state index in [1.54, 1.807) is 23.7 Å². The summed E-state index contributed by atoms with van der Waals surface area (Å²) in [6.07, 6.45) is 4.66. The van der Waals surface area contributed by atoms with Crippen LogP contribution < -0.4 is 5.32 Å². The molecule has 0 aromatic carbocycles. The van der Waals surface area contributed by atoms with Gasteiger partial charge in [0.2, 0.25) is 0 Å². The molecule has 0 saturated carbocycles. The predicted molar refractivity (Wildman–Crippen MR) is 54.2 cm³/mol. The standard InChI is InChI=1S/C9H9N3OS/c13-9(12-3-2-10-7-12)11-5-8-1-4-14-6-8/h1-4,6-7H,5H2,(H,11,13). The molecule has 2 heterocycles. The smallest absolute Gasteiger partial charge is 0.327 e. The van der Waals surface area contributed by atoms with Gasteiger partial charge in [0.1, 0.15) is 6.33 Å². The molecule has 0 radical (unpaired) electrons. The Morgan fingerprint density at radius 2 is 2.57 bits per heavy atom. The van der Waals surface area contributed by atoms with Crippen LogP contribution in [0.25, 0.3) is 0 Å². The predicted octanol–water partition coefficient (Wildman–Crippen LogP) is 1.70. The van der Waals surface area contributed by atoms with Crippen LogP contribution >= 0.6 is 11.3 Å². The fourth-order valence-corrected chi connectivity index (χ4v) is 1.71. The second-order valence-corrected chi connectivity index (χ2v) is 3.54. The molecule has 0 fully saturated rings. The van der Waals surface area contributed by atoms with Gasteiger partial charge in [-0.15, -0.1) is 0 Å². The molecule has 0 atom stereocenters. The summed E-state index contributed by atoms with van der Waals surface area (Å²) in [6, 6.07) is 1.83. The van der Waals surface area contributed by atoms with Gasteiger partial charge in [-0.2, -0.15) is 11.3 Å². The monoisotopic (exact) mass is 207 g/mol. The van der Waals surface area contributed by atoms with E-state index in [4.69, 9.17) is 0 Å². The maximum absolute atomic E-state index is 11.4. The van der Waals surface area contributed by atoms with Crippen LogP contribution in [-0.2, 0) is 6.54 Å². The van der Waals surface area contributed by atoms with Gasteiger partial charge in [-0.25, -0.2) is 9.78 Å². The van der Waals surface area contributed by atoms with Crippen molar-refractivity contribution in [1.82, 2.24) is 14.9 Å². The summed E-state index contributed by atoms with van der Waals surface area (Å²) in [4.78, 5) is 15.2. The molecule has 0 saturated heterocycles. The van der Waals surface area contributed by atoms with Crippen molar-refractivity contribution < 1.29 is 4.79 Å². The molecule has 0 aliphatic rings. The van der Waals surface area contributed by atoms with E-state index in [9.17, 15) is 4.79 Å². The lowest BCUT2D eigenvalue weighted by Gasteiger charge is -2.02. The van der Waals surface area contributed by atoms with Crippen LogP contribution in [0.15, 0.2) is 35.5 Å². The highest BCUT2D eigenvalue weighted by molar-refractivity contribution is 7.07. The van der Waals surface area contributed by atoms with E-state index in [2.05, 4.69) is 10.3 Å². The number of rotatable bonds is 2. The van der Waals surface area contributed by atoms with E-state index in [0.29, 0.717) is 6.54 Å². The lowest BCUT2D eigenvalue weighted by Crippen LogP contribution is -2.26. The Morgan fingerprint density at radius 1 is 1.64 bits per heavy atom. The number of carbonyl (C=O) groups excluding carboxylic acids is 1. The average molecular weight is 207 g/mol. The molecule has 2 aromatic heterocycles. The molecule has 72 valence electrons. The fraction of sp³-hybridized carbons (Fsp3) is 0.111. The molecule has 0 aliphatic carbocycles. The van der Waals surface area contributed by atoms with Crippen molar-refractivity contribution in [2.75, 3.05) is 0 Å². The first-order valence-electron chi connectivity index (χ1n) is 4.13. The van der Waals surface area contributed by atoms with E-state index in [0.717, 1.165) is 5.56 Å². The minimum absolute atomic E-state index is 0.159. The summed E-state index contributed by atoms with van der Waals surface area (Å²) in [5, 5.41) is 6.77. The molecule has 4 nitrogen and oxygen atoms in total. The van der Waals surface area contributed by atoms with Crippen LogP contribution in [0, 0.1) is 0 Å². The van der Waals surface area contributed by atoms with E-state index >= 15 is 0 Å². The second kappa shape index (κ2) is 4.06. The third kappa shape index (κ3) is 2.00. The molecule has 14 heavy (non-hydrogen) atoms. The van der Waals surface area contributed by atoms with Gasteiger partial charge in [-0.3, -0.25) is 4.57 Å². The molecule has 0 aliphatic heterocycles. The lowest BCUT2D eigenvalue weighted by molar-refractivity contribution is 0.242. The topological polar surface area (TPSA) is 46.9 Å². The average Bonchev–Trinajstić information content (AvgIpc) is 2.87. The third-order valence-electron chi connectivity index (χ3n) is 1.76. The van der Waals surface area contributed by atoms with Crippen LogP contribution in [0.4, 0.5) is 4.79 Å². The van der Waals surface area contributed by atoms with Gasteiger partial charge >= 0.3 is 6.03 Å². The molecular formula is C9H9N3OS. The number of nitrogens with one attached hydrogen (secondary N) is 1. The number of imidazole rings is 1. The van der Waals surface area contributed by atoms with Gasteiger partial charge in [-0.1, -0.05) is 0 Å². The summed E-state index contributed by atoms with van der Waals surface area (Å²) in [7, 11) is 0. The number of hydrogen-bond donors (Lipinski definition) is 1. The first kappa shape index (κ1) is 8.96. The van der Waals surface area contributed by atoms with Crippen molar-refractivity contribution in [2.45, 2.75) is 6.54 Å². The molecule has 1 amide bonds. The Morgan fingerprint density at radius 3 is 3.21 bits per heavy atom. The Kier molecular flexibility index (Phi) is 2.60. The van der Waals surface area contributed by atoms with E-state index in [1.807, 2.05) is 16.8 Å². The van der Waals surface area contributed by atoms with Crippen molar-refractivity contribution in [3.8, 4) is 0 Å². The van der Waals surface area contributed by atoms with Gasteiger partial charge in [0, 0.05) is 18.9 Å². The fourth-order valence-electron chi connectivity index (χ4n) is 1.04. The largest absolute Gasteiger partial charge is 0.333 e. The maximum Gasteiger partial charge on any atom is 0.327 e. The summed E-state index contributed by atoms with van der Waals surface area (Å²) in [6.45, 7) is 0.556. The summed E-state index contributed by atoms with van der Waals surface area (Å²) < 4.78 is 1.41. The molecule has 1 N–H and O–H groups in total. The number of thiophene rings is 1. The molecule has 0 spiro atoms. The zero-order chi connectivity index (χ0) is 9.80. The number of hydrogen-bond acceptors (Lipinski definition) is 3. The Bertz CT molecular complexity index is 394. The third-order valence-corrected chi connectivity index (χ3v) is 2.49. The second-order valence-electron chi connectivity index (χ2n) is 2.76. The first-order valence-corrected chi connectivity index (χ1v) is 5.08. The highest BCUT2D eigenvalue weighted by Gasteiger charge is 2.02. The first-order chi connectivity index (χ1) is 6.86. The molecular weight excluding hydrogens is 198 g/mol. The molecule has 2 aromatic rings. The van der Waals surface area contributed by atoms with Gasteiger partial charge in [-0.05, 0) is 22.4 Å². The van der Waals surface area contributed by atoms with E-state index in [1.165, 1.54) is 10.9 Å². The summed E-state index contributed by atoms with van der Waals surface area (Å²) >= 11 is 1.62. The van der Waals surface area contributed by atoms with E-state index < -0.39 is 0 Å². The van der Waals surface area contributed by atoms with Gasteiger partial charge < -0.3 is 5.32 Å². The Balaban J connectivity index is 1.90. The molecule has 5 heteroatoms. The molecule has 0 bridgehead atoms. The molecule has 0 unspecified atom stereocenters. The van der Waals surface area contributed by atoms with Crippen LogP contribution in [0.1, 0.15) is 5.56 Å². The minimum atomic E-state index is -0.159. The lowest BCUT2D eigenvalue weighted by atomic mass is 10.3. The van der Waals surface area contributed by atoms with Crippen molar-refractivity contribution in [2.24, 2.45) is 0 Å². The number of carbonyl (C=O) groups is 1. The highest BCUT2D eigenvalue weighted by atomic mass is 32.1. The van der Waals surface area contributed by atoms with Gasteiger partial charge in [0.05, 0.1) is 0 Å². The number of nitrogens with zero attached hydrogens (tertiary/aromatic N) is 2. The molecule has 2 rings (SSSR count). The van der Waals surface area contributed by atoms with E-state index in [-0.39, 0.29) is 6.03 Å². The minimum Gasteiger partial charge on any atom is -0.333 e. The van der Waals surface area contributed by atoms with Crippen molar-refractivity contribution in [3.63, 3.8) is 0 Å². The Hall–Kier alpha value is -1.62. The van der Waals surface area contributed by atoms with Crippen LogP contribution in [0.2, 0.25) is 0 Å². The van der Waals surface area contributed by atoms with Crippen molar-refractivity contribution in [1.29, 1.82) is 0 Å². The van der Waals surface area contributed by atoms with Crippen LogP contribution in [0.3, 0.4) is 0 Å². The number of amides is 1. The zero-order valence-corrected chi connectivity index (χ0v) is 8.20. The quantitative estimate of drug-likeness (QED) is 0.814. The summed E-state index contributed by atoms with van der Waals surface area (Å²) in [5.74, 6) is 0. The van der Waals surface area contributed by atoms with Crippen molar-refractivity contribution >= 4 is 17.4 Å². The van der Waals surface area contributed by atoms with Crippen LogP contribution in [0.5, 0.6) is 0 Å². The Labute approximate surface area is 85.2 Å². The maximum atomic E-state index is 11.4. The van der Waals surface area contributed by atoms with Crippen LogP contribution in [-0.4, -0.2) is 15.6 Å². The van der Waals surface area contributed by atoms with Crippen molar-refractivity contribution in [3.05, 3.63) is 41.1 Å². The number of aromatic nitrogens is 2.